The predicted molar refractivity (Wildman–Crippen MR) is 82.0 cm³/mol. The highest BCUT2D eigenvalue weighted by atomic mass is 13.9. The molecule has 0 heterocycles. The molecule has 0 aliphatic carbocycles. The van der Waals surface area contributed by atoms with Crippen LogP contribution >= 0.6 is 0 Å². The Bertz CT molecular complexity index is 188. The summed E-state index contributed by atoms with van der Waals surface area (Å²) in [6.45, 7) is 26.1. The third kappa shape index (κ3) is 29.3. The van der Waals surface area contributed by atoms with Gasteiger partial charge < -0.3 is 0 Å². The highest BCUT2D eigenvalue weighted by Gasteiger charge is 1.84. The molecule has 0 unspecified atom stereocenters. The largest absolute Gasteiger partial charge is 0.106 e. The van der Waals surface area contributed by atoms with Gasteiger partial charge in [0.25, 0.3) is 0 Å². The molecule has 16 heavy (non-hydrogen) atoms. The molecule has 0 saturated heterocycles. The smallest absolute Gasteiger partial charge is 0.0395 e. The van der Waals surface area contributed by atoms with E-state index in [1.165, 1.54) is 11.1 Å². The van der Waals surface area contributed by atoms with Gasteiger partial charge in [-0.15, -0.1) is 13.2 Å². The first kappa shape index (κ1) is 24.3. The summed E-state index contributed by atoms with van der Waals surface area (Å²) in [6, 6.07) is 0. The minimum atomic E-state index is 1.14. The van der Waals surface area contributed by atoms with Crippen molar-refractivity contribution in [3.8, 4) is 0 Å². The monoisotopic (exact) mass is 224 g/mol. The van der Waals surface area contributed by atoms with Crippen molar-refractivity contribution in [2.45, 2.75) is 55.4 Å². The summed E-state index contributed by atoms with van der Waals surface area (Å²) >= 11 is 0. The summed E-state index contributed by atoms with van der Waals surface area (Å²) in [4.78, 5) is 0. The number of hydrogen-bond acceptors (Lipinski definition) is 0. The minimum Gasteiger partial charge on any atom is -0.106 e. The topological polar surface area (TPSA) is 0 Å². The molecule has 0 amide bonds. The van der Waals surface area contributed by atoms with E-state index in [-0.39, 0.29) is 0 Å². The van der Waals surface area contributed by atoms with Crippen LogP contribution in [0.4, 0.5) is 0 Å². The Balaban J connectivity index is -0.000000103. The molecule has 0 aromatic carbocycles. The lowest BCUT2D eigenvalue weighted by Gasteiger charge is -1.94. The third-order valence-corrected chi connectivity index (χ3v) is 1.34. The molecule has 0 nitrogen and oxygen atoms in total. The summed E-state index contributed by atoms with van der Waals surface area (Å²) in [5.41, 5.74) is 3.71. The van der Waals surface area contributed by atoms with E-state index in [1.807, 2.05) is 34.6 Å². The fraction of sp³-hybridized carbons (Fsp3) is 0.500. The normalized spacial score (nSPS) is 7.88. The zero-order valence-electron chi connectivity index (χ0n) is 12.8. The second-order valence-electron chi connectivity index (χ2n) is 2.87. The Morgan fingerprint density at radius 1 is 0.750 bits per heavy atom. The summed E-state index contributed by atoms with van der Waals surface area (Å²) in [6.07, 6.45) is 4.20. The van der Waals surface area contributed by atoms with Crippen molar-refractivity contribution in [3.05, 3.63) is 48.6 Å². The lowest BCUT2D eigenvalue weighted by atomic mass is 10.1. The van der Waals surface area contributed by atoms with Gasteiger partial charge in [-0.05, 0) is 33.3 Å². The maximum atomic E-state index is 3.84. The molecule has 0 saturated carbocycles. The molecule has 0 fully saturated rings. The summed E-state index contributed by atoms with van der Waals surface area (Å²) in [5.74, 6) is 0. The molecule has 0 heteroatoms. The van der Waals surface area contributed by atoms with Crippen molar-refractivity contribution in [3.63, 3.8) is 0 Å². The summed E-state index contributed by atoms with van der Waals surface area (Å²) < 4.78 is 0. The first-order valence-electron chi connectivity index (χ1n) is 6.01. The molecule has 0 aliphatic rings. The van der Waals surface area contributed by atoms with Crippen molar-refractivity contribution in [1.82, 2.24) is 0 Å². The molecule has 0 aromatic heterocycles. The Hall–Kier alpha value is -1.04. The lowest BCUT2D eigenvalue weighted by Crippen LogP contribution is -1.74. The SMILES string of the molecule is C=C.C=C(C)/C(C)=C\C=C(C)C.CC.CC. The van der Waals surface area contributed by atoms with Crippen LogP contribution in [0.2, 0.25) is 0 Å². The molecule has 96 valence electrons. The van der Waals surface area contributed by atoms with Crippen molar-refractivity contribution < 1.29 is 0 Å². The molecule has 0 atom stereocenters. The van der Waals surface area contributed by atoms with Crippen LogP contribution in [-0.2, 0) is 0 Å². The Morgan fingerprint density at radius 2 is 1.06 bits per heavy atom. The standard InChI is InChI=1S/C10H16.2C2H6.C2H4/c1-8(2)6-7-10(5)9(3)4;3*1-2/h6-7H,3H2,1-2,4-5H3;2*1-2H3;1-2H2/b10-7-;;;. The summed E-state index contributed by atoms with van der Waals surface area (Å²) in [7, 11) is 0. The van der Waals surface area contributed by atoms with Gasteiger partial charge in [-0.1, -0.05) is 57.6 Å². The van der Waals surface area contributed by atoms with Gasteiger partial charge in [0.1, 0.15) is 0 Å². The molecule has 0 N–H and O–H groups in total. The number of allylic oxidation sites excluding steroid dienone is 5. The molecular formula is C16H32. The first-order chi connectivity index (χ1) is 7.54. The van der Waals surface area contributed by atoms with Crippen LogP contribution in [0.15, 0.2) is 48.6 Å². The van der Waals surface area contributed by atoms with Gasteiger partial charge in [-0.3, -0.25) is 0 Å². The van der Waals surface area contributed by atoms with Crippen molar-refractivity contribution >= 4 is 0 Å². The minimum absolute atomic E-state index is 1.14. The number of hydrogen-bond donors (Lipinski definition) is 0. The molecule has 0 aliphatic heterocycles. The van der Waals surface area contributed by atoms with Crippen LogP contribution in [-0.4, -0.2) is 0 Å². The van der Waals surface area contributed by atoms with Gasteiger partial charge in [0.15, 0.2) is 0 Å². The van der Waals surface area contributed by atoms with Crippen molar-refractivity contribution in [2.24, 2.45) is 0 Å². The van der Waals surface area contributed by atoms with Crippen LogP contribution in [0.1, 0.15) is 55.4 Å². The van der Waals surface area contributed by atoms with Crippen LogP contribution in [0.3, 0.4) is 0 Å². The predicted octanol–water partition coefficient (Wildman–Crippen LogP) is 6.33. The molecule has 0 aromatic rings. The van der Waals surface area contributed by atoms with E-state index in [9.17, 15) is 0 Å². The Labute approximate surface area is 104 Å². The molecule has 0 spiro atoms. The molecule has 0 rings (SSSR count). The molecule has 0 bridgehead atoms. The van der Waals surface area contributed by atoms with Crippen LogP contribution in [0.5, 0.6) is 0 Å². The first-order valence-corrected chi connectivity index (χ1v) is 6.01. The maximum Gasteiger partial charge on any atom is -0.0395 e. The number of rotatable bonds is 2. The molecule has 0 radical (unpaired) electrons. The Morgan fingerprint density at radius 3 is 1.25 bits per heavy atom. The van der Waals surface area contributed by atoms with Crippen LogP contribution in [0, 0.1) is 0 Å². The second-order valence-corrected chi connectivity index (χ2v) is 2.87. The fourth-order valence-electron chi connectivity index (χ4n) is 0.434. The van der Waals surface area contributed by atoms with E-state index in [0.29, 0.717) is 0 Å². The quantitative estimate of drug-likeness (QED) is 0.380. The van der Waals surface area contributed by atoms with Gasteiger partial charge in [0, 0.05) is 0 Å². The van der Waals surface area contributed by atoms with E-state index in [4.69, 9.17) is 0 Å². The van der Waals surface area contributed by atoms with Gasteiger partial charge in [0.2, 0.25) is 0 Å². The van der Waals surface area contributed by atoms with Crippen molar-refractivity contribution in [1.29, 1.82) is 0 Å². The van der Waals surface area contributed by atoms with E-state index >= 15 is 0 Å². The van der Waals surface area contributed by atoms with E-state index in [1.54, 1.807) is 0 Å². The van der Waals surface area contributed by atoms with Gasteiger partial charge in [-0.2, -0.15) is 0 Å². The Kier molecular flexibility index (Phi) is 35.9. The fourth-order valence-corrected chi connectivity index (χ4v) is 0.434. The van der Waals surface area contributed by atoms with Crippen LogP contribution < -0.4 is 0 Å². The average Bonchev–Trinajstić information content (AvgIpc) is 2.33. The average molecular weight is 224 g/mol. The second kappa shape index (κ2) is 23.6. The van der Waals surface area contributed by atoms with Crippen molar-refractivity contribution in [2.75, 3.05) is 0 Å². The van der Waals surface area contributed by atoms with Gasteiger partial charge in [0.05, 0.1) is 0 Å². The zero-order valence-corrected chi connectivity index (χ0v) is 12.8. The maximum absolute atomic E-state index is 3.84. The molecular weight excluding hydrogens is 192 g/mol. The highest BCUT2D eigenvalue weighted by Crippen LogP contribution is 2.05. The highest BCUT2D eigenvalue weighted by molar-refractivity contribution is 5.28. The summed E-state index contributed by atoms with van der Waals surface area (Å²) in [5, 5.41) is 0. The van der Waals surface area contributed by atoms with Crippen LogP contribution in [0.25, 0.3) is 0 Å². The van der Waals surface area contributed by atoms with E-state index in [2.05, 4.69) is 52.7 Å². The van der Waals surface area contributed by atoms with E-state index in [0.717, 1.165) is 5.57 Å². The van der Waals surface area contributed by atoms with Gasteiger partial charge >= 0.3 is 0 Å². The zero-order chi connectivity index (χ0) is 14.1. The lowest BCUT2D eigenvalue weighted by molar-refractivity contribution is 1.34. The third-order valence-electron chi connectivity index (χ3n) is 1.34. The van der Waals surface area contributed by atoms with E-state index < -0.39 is 0 Å². The van der Waals surface area contributed by atoms with Gasteiger partial charge in [-0.25, -0.2) is 0 Å².